The lowest BCUT2D eigenvalue weighted by Gasteiger charge is -2.15. The molecule has 3 rings (SSSR count). The third-order valence-corrected chi connectivity index (χ3v) is 4.29. The minimum absolute atomic E-state index is 0.0344. The molecule has 0 aliphatic heterocycles. The molecule has 1 aromatic carbocycles. The van der Waals surface area contributed by atoms with Crippen LogP contribution in [0.3, 0.4) is 0 Å². The van der Waals surface area contributed by atoms with Crippen LogP contribution in [0, 0.1) is 5.92 Å². The van der Waals surface area contributed by atoms with Crippen LogP contribution < -0.4 is 5.32 Å². The van der Waals surface area contributed by atoms with Gasteiger partial charge in [-0.3, -0.25) is 9.48 Å². The van der Waals surface area contributed by atoms with Gasteiger partial charge in [0.25, 0.3) is 0 Å². The molecule has 0 radical (unpaired) electrons. The van der Waals surface area contributed by atoms with Gasteiger partial charge in [-0.25, -0.2) is 0 Å². The summed E-state index contributed by atoms with van der Waals surface area (Å²) in [6.07, 6.45) is 5.29. The van der Waals surface area contributed by atoms with Crippen molar-refractivity contribution in [1.82, 2.24) is 15.1 Å². The van der Waals surface area contributed by atoms with E-state index in [0.29, 0.717) is 17.5 Å². The molecule has 1 heterocycles. The first-order chi connectivity index (χ1) is 10.6. The van der Waals surface area contributed by atoms with Gasteiger partial charge in [-0.1, -0.05) is 30.7 Å². The molecular formula is C17H20ClN3O. The van der Waals surface area contributed by atoms with Crippen molar-refractivity contribution in [3.63, 3.8) is 0 Å². The molecule has 2 aromatic rings. The zero-order chi connectivity index (χ0) is 15.5. The van der Waals surface area contributed by atoms with Crippen LogP contribution in [0.2, 0.25) is 5.02 Å². The van der Waals surface area contributed by atoms with Crippen molar-refractivity contribution in [3.05, 3.63) is 52.3 Å². The molecule has 0 spiro atoms. The van der Waals surface area contributed by atoms with Gasteiger partial charge in [0.15, 0.2) is 0 Å². The summed E-state index contributed by atoms with van der Waals surface area (Å²) in [6.45, 7) is 3.01. The minimum atomic E-state index is -0.0344. The number of halogens is 1. The van der Waals surface area contributed by atoms with E-state index in [1.807, 2.05) is 30.5 Å². The zero-order valence-electron chi connectivity index (χ0n) is 12.7. The van der Waals surface area contributed by atoms with Crippen molar-refractivity contribution in [2.75, 3.05) is 0 Å². The Kier molecular flexibility index (Phi) is 4.48. The highest BCUT2D eigenvalue weighted by molar-refractivity contribution is 6.30. The summed E-state index contributed by atoms with van der Waals surface area (Å²) in [7, 11) is 0. The van der Waals surface area contributed by atoms with E-state index in [9.17, 15) is 4.79 Å². The summed E-state index contributed by atoms with van der Waals surface area (Å²) in [5.41, 5.74) is 3.44. The van der Waals surface area contributed by atoms with Gasteiger partial charge in [0.2, 0.25) is 5.91 Å². The molecule has 1 atom stereocenters. The number of hydrogen-bond acceptors (Lipinski definition) is 2. The van der Waals surface area contributed by atoms with Gasteiger partial charge in [-0.05, 0) is 48.4 Å². The maximum absolute atomic E-state index is 12.0. The van der Waals surface area contributed by atoms with Crippen LogP contribution in [0.1, 0.15) is 30.2 Å². The number of rotatable bonds is 4. The number of nitrogens with one attached hydrogen (secondary N) is 1. The largest absolute Gasteiger partial charge is 0.350 e. The minimum Gasteiger partial charge on any atom is -0.350 e. The van der Waals surface area contributed by atoms with E-state index in [1.54, 1.807) is 4.68 Å². The lowest BCUT2D eigenvalue weighted by atomic mass is 9.89. The lowest BCUT2D eigenvalue weighted by Crippen LogP contribution is -2.27. The van der Waals surface area contributed by atoms with Crippen LogP contribution in [0.4, 0.5) is 0 Å². The predicted octanol–water partition coefficient (Wildman–Crippen LogP) is 2.98. The second-order valence-electron chi connectivity index (χ2n) is 6.05. The topological polar surface area (TPSA) is 46.9 Å². The van der Waals surface area contributed by atoms with Crippen LogP contribution >= 0.6 is 11.6 Å². The Morgan fingerprint density at radius 3 is 3.18 bits per heavy atom. The first-order valence-corrected chi connectivity index (χ1v) is 8.04. The Morgan fingerprint density at radius 2 is 2.36 bits per heavy atom. The van der Waals surface area contributed by atoms with Crippen molar-refractivity contribution < 1.29 is 4.79 Å². The fourth-order valence-corrected chi connectivity index (χ4v) is 3.09. The number of benzene rings is 1. The smallest absolute Gasteiger partial charge is 0.241 e. The van der Waals surface area contributed by atoms with E-state index in [2.05, 4.69) is 17.3 Å². The molecule has 0 saturated carbocycles. The number of nitrogens with zero attached hydrogens (tertiary/aromatic N) is 2. The molecule has 4 nitrogen and oxygen atoms in total. The van der Waals surface area contributed by atoms with Gasteiger partial charge in [-0.2, -0.15) is 5.10 Å². The van der Waals surface area contributed by atoms with E-state index in [-0.39, 0.29) is 12.5 Å². The summed E-state index contributed by atoms with van der Waals surface area (Å²) < 4.78 is 1.76. The Labute approximate surface area is 135 Å². The maximum atomic E-state index is 12.0. The maximum Gasteiger partial charge on any atom is 0.241 e. The van der Waals surface area contributed by atoms with Gasteiger partial charge in [-0.15, -0.1) is 0 Å². The van der Waals surface area contributed by atoms with Crippen LogP contribution in [0.5, 0.6) is 0 Å². The molecule has 1 aromatic heterocycles. The fraction of sp³-hybridized carbons (Fsp3) is 0.412. The van der Waals surface area contributed by atoms with Crippen LogP contribution in [-0.4, -0.2) is 15.7 Å². The van der Waals surface area contributed by atoms with E-state index < -0.39 is 0 Å². The fourth-order valence-electron chi connectivity index (χ4n) is 2.88. The van der Waals surface area contributed by atoms with E-state index >= 15 is 0 Å². The molecule has 1 unspecified atom stereocenters. The van der Waals surface area contributed by atoms with Crippen molar-refractivity contribution in [2.24, 2.45) is 5.92 Å². The first-order valence-electron chi connectivity index (χ1n) is 7.66. The number of carbonyl (C=O) groups excluding carboxylic acids is 1. The van der Waals surface area contributed by atoms with Crippen molar-refractivity contribution in [1.29, 1.82) is 0 Å². The van der Waals surface area contributed by atoms with Crippen LogP contribution in [-0.2, 0) is 30.7 Å². The summed E-state index contributed by atoms with van der Waals surface area (Å²) in [5, 5.41) is 8.12. The van der Waals surface area contributed by atoms with Crippen molar-refractivity contribution in [2.45, 2.75) is 39.3 Å². The predicted molar refractivity (Wildman–Crippen MR) is 86.7 cm³/mol. The molecular weight excluding hydrogens is 298 g/mol. The van der Waals surface area contributed by atoms with Gasteiger partial charge >= 0.3 is 0 Å². The average molecular weight is 318 g/mol. The molecule has 22 heavy (non-hydrogen) atoms. The molecule has 1 aliphatic rings. The van der Waals surface area contributed by atoms with E-state index in [4.69, 9.17) is 11.6 Å². The molecule has 116 valence electrons. The number of fused-ring (bicyclic) bond motifs is 1. The number of hydrogen-bond donors (Lipinski definition) is 1. The number of carbonyl (C=O) groups is 1. The second kappa shape index (κ2) is 6.53. The SMILES string of the molecule is CC1CCc2nn(CC(=O)NCc3cccc(Cl)c3)cc2C1. The molecule has 0 saturated heterocycles. The van der Waals surface area contributed by atoms with Gasteiger partial charge < -0.3 is 5.32 Å². The Balaban J connectivity index is 1.56. The van der Waals surface area contributed by atoms with E-state index in [1.165, 1.54) is 12.0 Å². The van der Waals surface area contributed by atoms with Crippen molar-refractivity contribution >= 4 is 17.5 Å². The highest BCUT2D eigenvalue weighted by atomic mass is 35.5. The van der Waals surface area contributed by atoms with Gasteiger partial charge in [0.05, 0.1) is 5.69 Å². The van der Waals surface area contributed by atoms with Gasteiger partial charge in [0.1, 0.15) is 6.54 Å². The molecule has 1 N–H and O–H groups in total. The lowest BCUT2D eigenvalue weighted by molar-refractivity contribution is -0.122. The Morgan fingerprint density at radius 1 is 1.50 bits per heavy atom. The highest BCUT2D eigenvalue weighted by Crippen LogP contribution is 2.23. The molecule has 0 bridgehead atoms. The summed E-state index contributed by atoms with van der Waals surface area (Å²) >= 11 is 5.93. The average Bonchev–Trinajstić information content (AvgIpc) is 2.86. The first kappa shape index (κ1) is 15.1. The Hall–Kier alpha value is -1.81. The third-order valence-electron chi connectivity index (χ3n) is 4.05. The summed E-state index contributed by atoms with van der Waals surface area (Å²) in [5.74, 6) is 0.676. The number of aromatic nitrogens is 2. The quantitative estimate of drug-likeness (QED) is 0.942. The summed E-state index contributed by atoms with van der Waals surface area (Å²) in [4.78, 5) is 12.0. The Bertz CT molecular complexity index is 680. The summed E-state index contributed by atoms with van der Waals surface area (Å²) in [6, 6.07) is 7.50. The molecule has 0 fully saturated rings. The van der Waals surface area contributed by atoms with Crippen LogP contribution in [0.25, 0.3) is 0 Å². The van der Waals surface area contributed by atoms with Gasteiger partial charge in [0, 0.05) is 17.8 Å². The number of amides is 1. The molecule has 1 amide bonds. The van der Waals surface area contributed by atoms with E-state index in [0.717, 1.165) is 24.1 Å². The monoisotopic (exact) mass is 317 g/mol. The molecule has 1 aliphatic carbocycles. The zero-order valence-corrected chi connectivity index (χ0v) is 13.4. The highest BCUT2D eigenvalue weighted by Gasteiger charge is 2.19. The molecule has 5 heteroatoms. The van der Waals surface area contributed by atoms with Crippen LogP contribution in [0.15, 0.2) is 30.5 Å². The second-order valence-corrected chi connectivity index (χ2v) is 6.49. The number of aryl methyl sites for hydroxylation is 1. The third kappa shape index (κ3) is 3.69. The standard InChI is InChI=1S/C17H20ClN3O/c1-12-5-6-16-14(7-12)10-21(20-16)11-17(22)19-9-13-3-2-4-15(18)8-13/h2-4,8,10,12H,5-7,9,11H2,1H3,(H,19,22). The van der Waals surface area contributed by atoms with Crippen molar-refractivity contribution in [3.8, 4) is 0 Å². The normalized spacial score (nSPS) is 17.1.